The third-order valence-corrected chi connectivity index (χ3v) is 2.67. The van der Waals surface area contributed by atoms with Crippen molar-refractivity contribution in [3.63, 3.8) is 0 Å². The lowest BCUT2D eigenvalue weighted by atomic mass is 10.0. The van der Waals surface area contributed by atoms with Crippen molar-refractivity contribution < 1.29 is 4.79 Å². The van der Waals surface area contributed by atoms with Crippen LogP contribution in [0.1, 0.15) is 27.0 Å². The maximum atomic E-state index is 10.9. The van der Waals surface area contributed by atoms with Crippen molar-refractivity contribution in [3.8, 4) is 0 Å². The van der Waals surface area contributed by atoms with E-state index in [0.29, 0.717) is 5.56 Å². The maximum absolute atomic E-state index is 10.9. The maximum Gasteiger partial charge on any atom is 0.248 e. The molecule has 1 aromatic rings. The summed E-state index contributed by atoms with van der Waals surface area (Å²) in [6.45, 7) is 3.96. The number of amides is 1. The molecule has 0 aliphatic heterocycles. The van der Waals surface area contributed by atoms with E-state index in [1.54, 1.807) is 0 Å². The zero-order valence-electron chi connectivity index (χ0n) is 7.73. The van der Waals surface area contributed by atoms with Crippen LogP contribution in [0.25, 0.3) is 0 Å². The lowest BCUT2D eigenvalue weighted by molar-refractivity contribution is 0.1000. The van der Waals surface area contributed by atoms with Gasteiger partial charge in [0, 0.05) is 10.9 Å². The molecule has 1 rings (SSSR count). The van der Waals surface area contributed by atoms with Gasteiger partial charge in [-0.25, -0.2) is 0 Å². The molecule has 0 spiro atoms. The van der Waals surface area contributed by atoms with Crippen LogP contribution in [-0.2, 0) is 5.33 Å². The summed E-state index contributed by atoms with van der Waals surface area (Å²) in [6.07, 6.45) is 0. The van der Waals surface area contributed by atoms with Crippen molar-refractivity contribution >= 4 is 21.8 Å². The Morgan fingerprint density at radius 1 is 1.38 bits per heavy atom. The van der Waals surface area contributed by atoms with E-state index in [4.69, 9.17) is 5.73 Å². The number of carbonyl (C=O) groups excluding carboxylic acids is 1. The number of halogens is 1. The molecule has 0 radical (unpaired) electrons. The number of hydrogen-bond donors (Lipinski definition) is 1. The Kier molecular flexibility index (Phi) is 3.09. The van der Waals surface area contributed by atoms with Crippen LogP contribution in [0.2, 0.25) is 0 Å². The van der Waals surface area contributed by atoms with Gasteiger partial charge in [-0.2, -0.15) is 0 Å². The fourth-order valence-corrected chi connectivity index (χ4v) is 2.23. The van der Waals surface area contributed by atoms with Crippen LogP contribution in [0, 0.1) is 13.8 Å². The molecule has 0 fully saturated rings. The Morgan fingerprint density at radius 2 is 1.85 bits per heavy atom. The predicted octanol–water partition coefficient (Wildman–Crippen LogP) is 2.30. The van der Waals surface area contributed by atoms with Crippen molar-refractivity contribution in [2.75, 3.05) is 0 Å². The first-order chi connectivity index (χ1) is 6.06. The third kappa shape index (κ3) is 2.10. The summed E-state index contributed by atoms with van der Waals surface area (Å²) < 4.78 is 0. The number of nitrogens with two attached hydrogens (primary N) is 1. The first kappa shape index (κ1) is 10.3. The van der Waals surface area contributed by atoms with Gasteiger partial charge in [-0.05, 0) is 42.7 Å². The number of benzene rings is 1. The molecular weight excluding hydrogens is 230 g/mol. The molecule has 0 aliphatic carbocycles. The largest absolute Gasteiger partial charge is 0.366 e. The van der Waals surface area contributed by atoms with Crippen molar-refractivity contribution in [1.29, 1.82) is 0 Å². The van der Waals surface area contributed by atoms with E-state index in [2.05, 4.69) is 15.9 Å². The highest BCUT2D eigenvalue weighted by Crippen LogP contribution is 2.18. The van der Waals surface area contributed by atoms with Crippen LogP contribution >= 0.6 is 15.9 Å². The van der Waals surface area contributed by atoms with Gasteiger partial charge >= 0.3 is 0 Å². The second-order valence-electron chi connectivity index (χ2n) is 3.09. The Morgan fingerprint density at radius 3 is 2.15 bits per heavy atom. The molecule has 13 heavy (non-hydrogen) atoms. The lowest BCUT2D eigenvalue weighted by Crippen LogP contribution is -2.12. The number of primary amides is 1. The molecule has 3 heteroatoms. The van der Waals surface area contributed by atoms with Gasteiger partial charge in [0.25, 0.3) is 0 Å². The Balaban J connectivity index is 3.28. The van der Waals surface area contributed by atoms with Crippen LogP contribution in [0.3, 0.4) is 0 Å². The number of alkyl halides is 1. The minimum Gasteiger partial charge on any atom is -0.366 e. The van der Waals surface area contributed by atoms with Gasteiger partial charge in [-0.1, -0.05) is 15.9 Å². The molecule has 1 amide bonds. The van der Waals surface area contributed by atoms with Crippen molar-refractivity contribution in [1.82, 2.24) is 0 Å². The summed E-state index contributed by atoms with van der Waals surface area (Å²) in [5.74, 6) is -0.368. The first-order valence-corrected chi connectivity index (χ1v) is 5.14. The molecule has 0 unspecified atom stereocenters. The average molecular weight is 242 g/mol. The standard InChI is InChI=1S/C10H12BrNO/c1-6-3-8(10(12)13)4-7(2)9(6)5-11/h3-4H,5H2,1-2H3,(H2,12,13). The Labute approximate surface area is 86.3 Å². The van der Waals surface area contributed by atoms with E-state index in [9.17, 15) is 4.79 Å². The second-order valence-corrected chi connectivity index (χ2v) is 3.65. The molecule has 2 nitrogen and oxygen atoms in total. The van der Waals surface area contributed by atoms with E-state index in [1.165, 1.54) is 5.56 Å². The van der Waals surface area contributed by atoms with Crippen molar-refractivity contribution in [2.24, 2.45) is 5.73 Å². The zero-order valence-corrected chi connectivity index (χ0v) is 9.31. The van der Waals surface area contributed by atoms with Gasteiger partial charge in [0.2, 0.25) is 5.91 Å². The predicted molar refractivity (Wildman–Crippen MR) is 57.1 cm³/mol. The van der Waals surface area contributed by atoms with Gasteiger partial charge in [0.1, 0.15) is 0 Å². The van der Waals surface area contributed by atoms with E-state index in [1.807, 2.05) is 26.0 Å². The van der Waals surface area contributed by atoms with E-state index in [0.717, 1.165) is 16.5 Å². The number of hydrogen-bond acceptors (Lipinski definition) is 1. The molecular formula is C10H12BrNO. The molecule has 0 aromatic heterocycles. The number of rotatable bonds is 2. The topological polar surface area (TPSA) is 43.1 Å². The summed E-state index contributed by atoms with van der Waals surface area (Å²) in [5, 5.41) is 0.809. The molecule has 0 aliphatic rings. The fraction of sp³-hybridized carbons (Fsp3) is 0.300. The fourth-order valence-electron chi connectivity index (χ4n) is 1.35. The number of carbonyl (C=O) groups is 1. The van der Waals surface area contributed by atoms with Crippen LogP contribution < -0.4 is 5.73 Å². The molecule has 0 bridgehead atoms. The van der Waals surface area contributed by atoms with E-state index in [-0.39, 0.29) is 5.91 Å². The Hall–Kier alpha value is -0.830. The Bertz CT molecular complexity index is 324. The SMILES string of the molecule is Cc1cc(C(N)=O)cc(C)c1CBr. The third-order valence-electron chi connectivity index (χ3n) is 2.11. The van der Waals surface area contributed by atoms with E-state index >= 15 is 0 Å². The van der Waals surface area contributed by atoms with Crippen LogP contribution in [-0.4, -0.2) is 5.91 Å². The first-order valence-electron chi connectivity index (χ1n) is 4.02. The molecule has 2 N–H and O–H groups in total. The van der Waals surface area contributed by atoms with Crippen LogP contribution in [0.5, 0.6) is 0 Å². The quantitative estimate of drug-likeness (QED) is 0.794. The van der Waals surface area contributed by atoms with E-state index < -0.39 is 0 Å². The summed E-state index contributed by atoms with van der Waals surface area (Å²) >= 11 is 3.40. The van der Waals surface area contributed by atoms with Crippen molar-refractivity contribution in [3.05, 3.63) is 34.4 Å². The smallest absolute Gasteiger partial charge is 0.248 e. The van der Waals surface area contributed by atoms with Crippen LogP contribution in [0.4, 0.5) is 0 Å². The second kappa shape index (κ2) is 3.92. The minimum atomic E-state index is -0.368. The normalized spacial score (nSPS) is 10.1. The number of aryl methyl sites for hydroxylation is 2. The van der Waals surface area contributed by atoms with Gasteiger partial charge in [-0.3, -0.25) is 4.79 Å². The van der Waals surface area contributed by atoms with Gasteiger partial charge in [0.05, 0.1) is 0 Å². The summed E-state index contributed by atoms with van der Waals surface area (Å²) in [6, 6.07) is 3.65. The molecule has 0 atom stereocenters. The van der Waals surface area contributed by atoms with Gasteiger partial charge in [-0.15, -0.1) is 0 Å². The summed E-state index contributed by atoms with van der Waals surface area (Å²) in [5.41, 5.74) is 9.21. The summed E-state index contributed by atoms with van der Waals surface area (Å²) in [7, 11) is 0. The average Bonchev–Trinajstić information content (AvgIpc) is 2.03. The van der Waals surface area contributed by atoms with Crippen molar-refractivity contribution in [2.45, 2.75) is 19.2 Å². The monoisotopic (exact) mass is 241 g/mol. The minimum absolute atomic E-state index is 0.368. The lowest BCUT2D eigenvalue weighted by Gasteiger charge is -2.08. The van der Waals surface area contributed by atoms with Gasteiger partial charge in [0.15, 0.2) is 0 Å². The molecule has 70 valence electrons. The highest BCUT2D eigenvalue weighted by molar-refractivity contribution is 9.08. The zero-order chi connectivity index (χ0) is 10.0. The molecule has 0 saturated carbocycles. The molecule has 0 saturated heterocycles. The molecule has 1 aromatic carbocycles. The highest BCUT2D eigenvalue weighted by atomic mass is 79.9. The van der Waals surface area contributed by atoms with Crippen LogP contribution in [0.15, 0.2) is 12.1 Å². The summed E-state index contributed by atoms with van der Waals surface area (Å²) in [4.78, 5) is 10.9. The molecule has 0 heterocycles. The van der Waals surface area contributed by atoms with Gasteiger partial charge < -0.3 is 5.73 Å². The highest BCUT2D eigenvalue weighted by Gasteiger charge is 2.06.